The van der Waals surface area contributed by atoms with Crippen molar-refractivity contribution in [1.29, 1.82) is 0 Å². The summed E-state index contributed by atoms with van der Waals surface area (Å²) in [7, 11) is 1.68. The summed E-state index contributed by atoms with van der Waals surface area (Å²) in [6, 6.07) is 9.91. The Hall–Kier alpha value is -2.07. The Morgan fingerprint density at radius 2 is 2.14 bits per heavy atom. The molecule has 1 aromatic carbocycles. The molecule has 0 amide bonds. The van der Waals surface area contributed by atoms with Crippen LogP contribution in [0.5, 0.6) is 5.75 Å². The molecule has 0 fully saturated rings. The maximum absolute atomic E-state index is 5.91. The summed E-state index contributed by atoms with van der Waals surface area (Å²) in [5.41, 5.74) is 3.83. The van der Waals surface area contributed by atoms with Gasteiger partial charge in [0.15, 0.2) is 5.65 Å². The first-order chi connectivity index (χ1) is 10.2. The molecule has 0 spiro atoms. The number of pyridine rings is 1. The number of ether oxygens (including phenoxy) is 1. The lowest BCUT2D eigenvalue weighted by Crippen LogP contribution is -2.03. The van der Waals surface area contributed by atoms with Gasteiger partial charge in [0.2, 0.25) is 0 Å². The van der Waals surface area contributed by atoms with E-state index in [0.29, 0.717) is 12.3 Å². The Labute approximate surface area is 128 Å². The molecule has 0 aliphatic carbocycles. The smallest absolute Gasteiger partial charge is 0.164 e. The second kappa shape index (κ2) is 5.74. The van der Waals surface area contributed by atoms with Crippen LogP contribution in [0.3, 0.4) is 0 Å². The molecule has 108 valence electrons. The third-order valence-corrected chi connectivity index (χ3v) is 3.63. The van der Waals surface area contributed by atoms with E-state index in [1.807, 2.05) is 31.2 Å². The highest BCUT2D eigenvalue weighted by Gasteiger charge is 2.13. The van der Waals surface area contributed by atoms with Crippen molar-refractivity contribution in [3.8, 4) is 11.4 Å². The molecule has 0 aliphatic rings. The Balaban J connectivity index is 2.22. The van der Waals surface area contributed by atoms with Crippen molar-refractivity contribution in [2.45, 2.75) is 13.3 Å². The molecule has 21 heavy (non-hydrogen) atoms. The first kappa shape index (κ1) is 13.9. The van der Waals surface area contributed by atoms with E-state index in [1.54, 1.807) is 13.3 Å². The lowest BCUT2D eigenvalue weighted by molar-refractivity contribution is 0.411. The maximum atomic E-state index is 5.91. The third-order valence-electron chi connectivity index (χ3n) is 3.44. The molecule has 0 saturated heterocycles. The normalized spacial score (nSPS) is 11.0. The number of halogens is 1. The molecule has 3 aromatic rings. The predicted octanol–water partition coefficient (Wildman–Crippen LogP) is 3.52. The summed E-state index contributed by atoms with van der Waals surface area (Å²) in [5, 5.41) is 0. The van der Waals surface area contributed by atoms with Gasteiger partial charge in [-0.25, -0.2) is 9.97 Å². The first-order valence-corrected chi connectivity index (χ1v) is 7.31. The van der Waals surface area contributed by atoms with Gasteiger partial charge in [-0.15, -0.1) is 11.6 Å². The highest BCUT2D eigenvalue weighted by atomic mass is 35.5. The highest BCUT2D eigenvalue weighted by Crippen LogP contribution is 2.25. The van der Waals surface area contributed by atoms with Crippen molar-refractivity contribution < 1.29 is 4.74 Å². The third kappa shape index (κ3) is 2.47. The number of methoxy groups -OCH3 is 1. The number of imidazole rings is 1. The SMILES string of the molecule is COc1ccc(-n2c(CCCl)nc3cccnc32)cc1C. The van der Waals surface area contributed by atoms with Crippen LogP contribution in [0.2, 0.25) is 0 Å². The Bertz CT molecular complexity index is 782. The van der Waals surface area contributed by atoms with Crippen LogP contribution in [0.25, 0.3) is 16.9 Å². The number of rotatable bonds is 4. The Morgan fingerprint density at radius 3 is 2.86 bits per heavy atom. The first-order valence-electron chi connectivity index (χ1n) is 6.78. The second-order valence-corrected chi connectivity index (χ2v) is 5.18. The fourth-order valence-electron chi connectivity index (χ4n) is 2.48. The van der Waals surface area contributed by atoms with Gasteiger partial charge < -0.3 is 4.74 Å². The van der Waals surface area contributed by atoms with Crippen molar-refractivity contribution in [3.63, 3.8) is 0 Å². The lowest BCUT2D eigenvalue weighted by Gasteiger charge is -2.11. The maximum Gasteiger partial charge on any atom is 0.164 e. The van der Waals surface area contributed by atoms with Crippen LogP contribution in [0.4, 0.5) is 0 Å². The minimum absolute atomic E-state index is 0.526. The highest BCUT2D eigenvalue weighted by molar-refractivity contribution is 6.17. The number of aromatic nitrogens is 3. The molecule has 0 saturated carbocycles. The quantitative estimate of drug-likeness (QED) is 0.692. The molecule has 0 bridgehead atoms. The van der Waals surface area contributed by atoms with Crippen LogP contribution in [0, 0.1) is 6.92 Å². The van der Waals surface area contributed by atoms with Gasteiger partial charge in [-0.1, -0.05) is 0 Å². The van der Waals surface area contributed by atoms with E-state index in [0.717, 1.165) is 34.0 Å². The van der Waals surface area contributed by atoms with Gasteiger partial charge in [-0.3, -0.25) is 4.57 Å². The fourth-order valence-corrected chi connectivity index (χ4v) is 2.65. The summed E-state index contributed by atoms with van der Waals surface area (Å²) in [6.45, 7) is 2.02. The van der Waals surface area contributed by atoms with Gasteiger partial charge in [0, 0.05) is 24.2 Å². The zero-order valence-corrected chi connectivity index (χ0v) is 12.8. The van der Waals surface area contributed by atoms with Crippen molar-refractivity contribution >= 4 is 22.8 Å². The molecule has 5 heteroatoms. The minimum atomic E-state index is 0.526. The zero-order valence-electron chi connectivity index (χ0n) is 12.0. The van der Waals surface area contributed by atoms with E-state index in [9.17, 15) is 0 Å². The largest absolute Gasteiger partial charge is 0.496 e. The number of hydrogen-bond acceptors (Lipinski definition) is 3. The summed E-state index contributed by atoms with van der Waals surface area (Å²) in [6.07, 6.45) is 2.48. The Morgan fingerprint density at radius 1 is 1.29 bits per heavy atom. The molecule has 0 unspecified atom stereocenters. The average molecular weight is 302 g/mol. The van der Waals surface area contributed by atoms with E-state index in [-0.39, 0.29) is 0 Å². The molecule has 0 atom stereocenters. The standard InChI is InChI=1S/C16H16ClN3O/c1-11-10-12(5-6-14(11)21-2)20-15(7-8-17)19-13-4-3-9-18-16(13)20/h3-6,9-10H,7-8H2,1-2H3. The van der Waals surface area contributed by atoms with Gasteiger partial charge in [0.05, 0.1) is 7.11 Å². The van der Waals surface area contributed by atoms with Crippen LogP contribution in [-0.4, -0.2) is 27.5 Å². The summed E-state index contributed by atoms with van der Waals surface area (Å²) < 4.78 is 7.38. The van der Waals surface area contributed by atoms with Crippen LogP contribution >= 0.6 is 11.6 Å². The molecular formula is C16H16ClN3O. The molecule has 2 heterocycles. The molecule has 2 aromatic heterocycles. The average Bonchev–Trinajstić information content (AvgIpc) is 2.85. The number of benzene rings is 1. The van der Waals surface area contributed by atoms with E-state index < -0.39 is 0 Å². The second-order valence-electron chi connectivity index (χ2n) is 4.80. The summed E-state index contributed by atoms with van der Waals surface area (Å²) >= 11 is 5.91. The number of hydrogen-bond donors (Lipinski definition) is 0. The molecule has 0 radical (unpaired) electrons. The van der Waals surface area contributed by atoms with Crippen LogP contribution < -0.4 is 4.74 Å². The van der Waals surface area contributed by atoms with Gasteiger partial charge in [-0.05, 0) is 42.8 Å². The monoisotopic (exact) mass is 301 g/mol. The van der Waals surface area contributed by atoms with E-state index in [4.69, 9.17) is 16.3 Å². The molecule has 3 rings (SSSR count). The number of aryl methyl sites for hydroxylation is 2. The van der Waals surface area contributed by atoms with Crippen molar-refractivity contribution in [2.75, 3.05) is 13.0 Å². The molecule has 0 N–H and O–H groups in total. The summed E-state index contributed by atoms with van der Waals surface area (Å²) in [5.74, 6) is 2.32. The number of nitrogens with zero attached hydrogens (tertiary/aromatic N) is 3. The van der Waals surface area contributed by atoms with E-state index in [2.05, 4.69) is 20.6 Å². The van der Waals surface area contributed by atoms with Crippen molar-refractivity contribution in [3.05, 3.63) is 47.9 Å². The minimum Gasteiger partial charge on any atom is -0.496 e. The number of alkyl halides is 1. The predicted molar refractivity (Wildman–Crippen MR) is 84.6 cm³/mol. The van der Waals surface area contributed by atoms with Gasteiger partial charge >= 0.3 is 0 Å². The number of fused-ring (bicyclic) bond motifs is 1. The van der Waals surface area contributed by atoms with Gasteiger partial charge in [-0.2, -0.15) is 0 Å². The van der Waals surface area contributed by atoms with E-state index in [1.165, 1.54) is 0 Å². The fraction of sp³-hybridized carbons (Fsp3) is 0.250. The summed E-state index contributed by atoms with van der Waals surface area (Å²) in [4.78, 5) is 9.09. The molecular weight excluding hydrogens is 286 g/mol. The van der Waals surface area contributed by atoms with Gasteiger partial charge in [0.1, 0.15) is 17.1 Å². The molecule has 0 aliphatic heterocycles. The van der Waals surface area contributed by atoms with E-state index >= 15 is 0 Å². The van der Waals surface area contributed by atoms with Crippen LogP contribution in [0.15, 0.2) is 36.5 Å². The van der Waals surface area contributed by atoms with Crippen LogP contribution in [-0.2, 0) is 6.42 Å². The zero-order chi connectivity index (χ0) is 14.8. The Kier molecular flexibility index (Phi) is 3.80. The van der Waals surface area contributed by atoms with Gasteiger partial charge in [0.25, 0.3) is 0 Å². The van der Waals surface area contributed by atoms with Crippen molar-refractivity contribution in [2.24, 2.45) is 0 Å². The molecule has 4 nitrogen and oxygen atoms in total. The van der Waals surface area contributed by atoms with Crippen molar-refractivity contribution in [1.82, 2.24) is 14.5 Å². The van der Waals surface area contributed by atoms with Crippen LogP contribution in [0.1, 0.15) is 11.4 Å². The lowest BCUT2D eigenvalue weighted by atomic mass is 10.2. The topological polar surface area (TPSA) is 39.9 Å².